The van der Waals surface area contributed by atoms with Crippen LogP contribution >= 0.6 is 0 Å². The zero-order valence-electron chi connectivity index (χ0n) is 10.1. The van der Waals surface area contributed by atoms with Crippen LogP contribution in [-0.4, -0.2) is 30.7 Å². The third-order valence-corrected chi connectivity index (χ3v) is 3.04. The molecule has 0 aliphatic heterocycles. The van der Waals surface area contributed by atoms with Crippen molar-refractivity contribution in [1.29, 1.82) is 0 Å². The fourth-order valence-electron chi connectivity index (χ4n) is 2.13. The average molecular weight is 252 g/mol. The van der Waals surface area contributed by atoms with E-state index >= 15 is 0 Å². The van der Waals surface area contributed by atoms with Gasteiger partial charge in [-0.15, -0.1) is 0 Å². The maximum Gasteiger partial charge on any atom is 0.405 e. The van der Waals surface area contributed by atoms with Crippen LogP contribution in [0.5, 0.6) is 0 Å². The Hall–Kier alpha value is -0.780. The zero-order valence-corrected chi connectivity index (χ0v) is 10.1. The predicted molar refractivity (Wildman–Crippen MR) is 58.5 cm³/mol. The second-order valence-corrected chi connectivity index (χ2v) is 4.84. The number of carbonyl (C=O) groups excluding carboxylic acids is 1. The highest BCUT2D eigenvalue weighted by molar-refractivity contribution is 5.81. The molecule has 1 amide bonds. The molecule has 3 unspecified atom stereocenters. The number of rotatable bonds is 4. The molecule has 0 heterocycles. The summed E-state index contributed by atoms with van der Waals surface area (Å²) in [6.45, 7) is 2.46. The topological polar surface area (TPSA) is 41.1 Å². The lowest BCUT2D eigenvalue weighted by Gasteiger charge is -2.19. The highest BCUT2D eigenvalue weighted by Crippen LogP contribution is 2.24. The van der Waals surface area contributed by atoms with Gasteiger partial charge < -0.3 is 10.6 Å². The number of carbonyl (C=O) groups is 1. The summed E-state index contributed by atoms with van der Waals surface area (Å²) in [6.07, 6.45) is -1.28. The molecule has 0 radical (unpaired) electrons. The van der Waals surface area contributed by atoms with Crippen LogP contribution in [0.15, 0.2) is 0 Å². The van der Waals surface area contributed by atoms with E-state index in [0.29, 0.717) is 5.92 Å². The number of hydrogen-bond donors (Lipinski definition) is 2. The van der Waals surface area contributed by atoms with Gasteiger partial charge in [0.1, 0.15) is 6.54 Å². The zero-order chi connectivity index (χ0) is 13.1. The van der Waals surface area contributed by atoms with Crippen LogP contribution in [0.4, 0.5) is 13.2 Å². The van der Waals surface area contributed by atoms with Crippen molar-refractivity contribution in [2.75, 3.05) is 6.54 Å². The van der Waals surface area contributed by atoms with Gasteiger partial charge in [-0.1, -0.05) is 6.92 Å². The molecule has 3 nitrogen and oxygen atoms in total. The number of amides is 1. The summed E-state index contributed by atoms with van der Waals surface area (Å²) >= 11 is 0. The van der Waals surface area contributed by atoms with Crippen LogP contribution in [0.2, 0.25) is 0 Å². The SMILES string of the molecule is CC1CCC(NC(C)C(=O)NCC(F)(F)F)C1. The smallest absolute Gasteiger partial charge is 0.346 e. The van der Waals surface area contributed by atoms with E-state index in [1.165, 1.54) is 0 Å². The van der Waals surface area contributed by atoms with Crippen LogP contribution < -0.4 is 10.6 Å². The first-order valence-electron chi connectivity index (χ1n) is 5.88. The van der Waals surface area contributed by atoms with Crippen LogP contribution in [0.25, 0.3) is 0 Å². The van der Waals surface area contributed by atoms with E-state index in [-0.39, 0.29) is 6.04 Å². The molecule has 1 aliphatic carbocycles. The molecule has 1 rings (SSSR count). The van der Waals surface area contributed by atoms with Gasteiger partial charge in [-0.3, -0.25) is 4.79 Å². The standard InChI is InChI=1S/C11H19F3N2O/c1-7-3-4-9(5-7)16-8(2)10(17)15-6-11(12,13)14/h7-9,16H,3-6H2,1-2H3,(H,15,17). The normalized spacial score (nSPS) is 26.9. The molecular weight excluding hydrogens is 233 g/mol. The molecule has 3 atom stereocenters. The van der Waals surface area contributed by atoms with Gasteiger partial charge in [-0.05, 0) is 32.1 Å². The molecule has 0 aromatic heterocycles. The molecule has 1 aliphatic rings. The van der Waals surface area contributed by atoms with Crippen LogP contribution in [0.1, 0.15) is 33.1 Å². The van der Waals surface area contributed by atoms with Crippen molar-refractivity contribution in [2.45, 2.75) is 51.4 Å². The van der Waals surface area contributed by atoms with E-state index in [2.05, 4.69) is 12.2 Å². The molecule has 0 aromatic carbocycles. The van der Waals surface area contributed by atoms with Crippen molar-refractivity contribution in [3.63, 3.8) is 0 Å². The molecule has 6 heteroatoms. The fourth-order valence-corrected chi connectivity index (χ4v) is 2.13. The van der Waals surface area contributed by atoms with E-state index < -0.39 is 24.7 Å². The summed E-state index contributed by atoms with van der Waals surface area (Å²) in [7, 11) is 0. The van der Waals surface area contributed by atoms with E-state index in [9.17, 15) is 18.0 Å². The van der Waals surface area contributed by atoms with Gasteiger partial charge in [0.05, 0.1) is 6.04 Å². The highest BCUT2D eigenvalue weighted by atomic mass is 19.4. The van der Waals surface area contributed by atoms with Crippen LogP contribution in [-0.2, 0) is 4.79 Å². The van der Waals surface area contributed by atoms with Crippen LogP contribution in [0, 0.1) is 5.92 Å². The third kappa shape index (κ3) is 5.39. The number of halogens is 3. The lowest BCUT2D eigenvalue weighted by molar-refractivity contribution is -0.139. The summed E-state index contributed by atoms with van der Waals surface area (Å²) in [4.78, 5) is 11.4. The van der Waals surface area contributed by atoms with Crippen molar-refractivity contribution < 1.29 is 18.0 Å². The Balaban J connectivity index is 2.27. The van der Waals surface area contributed by atoms with Gasteiger partial charge in [0.2, 0.25) is 5.91 Å². The first kappa shape index (κ1) is 14.3. The maximum absolute atomic E-state index is 11.9. The van der Waals surface area contributed by atoms with E-state index in [4.69, 9.17) is 0 Å². The first-order valence-corrected chi connectivity index (χ1v) is 5.88. The highest BCUT2D eigenvalue weighted by Gasteiger charge is 2.29. The second-order valence-electron chi connectivity index (χ2n) is 4.84. The van der Waals surface area contributed by atoms with Crippen molar-refractivity contribution >= 4 is 5.91 Å². The summed E-state index contributed by atoms with van der Waals surface area (Å²) in [5.74, 6) is 0.0276. The largest absolute Gasteiger partial charge is 0.405 e. The first-order chi connectivity index (χ1) is 7.78. The minimum absolute atomic E-state index is 0.247. The quantitative estimate of drug-likeness (QED) is 0.801. The van der Waals surface area contributed by atoms with Crippen molar-refractivity contribution in [3.05, 3.63) is 0 Å². The molecule has 1 fully saturated rings. The van der Waals surface area contributed by atoms with Crippen molar-refractivity contribution in [3.8, 4) is 0 Å². The van der Waals surface area contributed by atoms with Gasteiger partial charge in [-0.25, -0.2) is 0 Å². The maximum atomic E-state index is 11.9. The second kappa shape index (κ2) is 5.71. The number of hydrogen-bond acceptors (Lipinski definition) is 2. The Kier molecular flexibility index (Phi) is 4.80. The minimum atomic E-state index is -4.35. The molecule has 0 aromatic rings. The molecule has 2 N–H and O–H groups in total. The Morgan fingerprint density at radius 2 is 2.06 bits per heavy atom. The molecule has 100 valence electrons. The molecule has 17 heavy (non-hydrogen) atoms. The summed E-state index contributed by atoms with van der Waals surface area (Å²) in [6, 6.07) is -0.329. The third-order valence-electron chi connectivity index (χ3n) is 3.04. The van der Waals surface area contributed by atoms with Gasteiger partial charge in [0.15, 0.2) is 0 Å². The molecule has 1 saturated carbocycles. The fraction of sp³-hybridized carbons (Fsp3) is 0.909. The van der Waals surface area contributed by atoms with Crippen molar-refractivity contribution in [1.82, 2.24) is 10.6 Å². The Morgan fingerprint density at radius 3 is 2.53 bits per heavy atom. The molecule has 0 saturated heterocycles. The van der Waals surface area contributed by atoms with E-state index in [1.54, 1.807) is 6.92 Å². The number of alkyl halides is 3. The molecule has 0 spiro atoms. The van der Waals surface area contributed by atoms with E-state index in [1.807, 2.05) is 5.32 Å². The van der Waals surface area contributed by atoms with Crippen LogP contribution in [0.3, 0.4) is 0 Å². The molecular formula is C11H19F3N2O. The monoisotopic (exact) mass is 252 g/mol. The lowest BCUT2D eigenvalue weighted by atomic mass is 10.1. The van der Waals surface area contributed by atoms with Gasteiger partial charge >= 0.3 is 6.18 Å². The Labute approximate surface area is 99.1 Å². The van der Waals surface area contributed by atoms with Crippen molar-refractivity contribution in [2.24, 2.45) is 5.92 Å². The van der Waals surface area contributed by atoms with E-state index in [0.717, 1.165) is 19.3 Å². The summed E-state index contributed by atoms with van der Waals surface area (Å²) in [5.41, 5.74) is 0. The minimum Gasteiger partial charge on any atom is -0.346 e. The van der Waals surface area contributed by atoms with Gasteiger partial charge in [0.25, 0.3) is 0 Å². The van der Waals surface area contributed by atoms with Gasteiger partial charge in [-0.2, -0.15) is 13.2 Å². The van der Waals surface area contributed by atoms with Gasteiger partial charge in [0, 0.05) is 6.04 Å². The molecule has 0 bridgehead atoms. The Bertz CT molecular complexity index is 268. The lowest BCUT2D eigenvalue weighted by Crippen LogP contribution is -2.48. The summed E-state index contributed by atoms with van der Waals surface area (Å²) < 4.78 is 35.7. The number of nitrogens with one attached hydrogen (secondary N) is 2. The summed E-state index contributed by atoms with van der Waals surface area (Å²) in [5, 5.41) is 4.95. The average Bonchev–Trinajstić information content (AvgIpc) is 2.59. The predicted octanol–water partition coefficient (Wildman–Crippen LogP) is 1.83. The Morgan fingerprint density at radius 1 is 1.41 bits per heavy atom.